The molecule has 298 valence electrons. The quantitative estimate of drug-likeness (QED) is 0.185. The number of hydrogen-bond acceptors (Lipinski definition) is 8. The Kier molecular flexibility index (Phi) is 6.89. The van der Waals surface area contributed by atoms with E-state index in [0.717, 1.165) is 44.8 Å². The van der Waals surface area contributed by atoms with Crippen LogP contribution in [0.15, 0.2) is 48.5 Å². The molecule has 0 aromatic heterocycles. The minimum Gasteiger partial charge on any atom is -0.508 e. The predicted molar refractivity (Wildman–Crippen MR) is 222 cm³/mol. The Hall–Kier alpha value is -5.64. The van der Waals surface area contributed by atoms with Crippen molar-refractivity contribution in [2.45, 2.75) is 122 Å². The van der Waals surface area contributed by atoms with Crippen LogP contribution in [0, 0.1) is 0 Å². The van der Waals surface area contributed by atoms with E-state index in [9.17, 15) is 29.4 Å². The van der Waals surface area contributed by atoms with Crippen LogP contribution in [0.3, 0.4) is 0 Å². The van der Waals surface area contributed by atoms with Crippen LogP contribution in [0.5, 0.6) is 11.5 Å². The van der Waals surface area contributed by atoms with Gasteiger partial charge in [0.1, 0.15) is 17.2 Å². The first-order chi connectivity index (χ1) is 27.0. The highest BCUT2D eigenvalue weighted by Crippen LogP contribution is 2.64. The molecule has 4 heterocycles. The number of carbonyl (C=O) groups excluding carboxylic acids is 4. The normalized spacial score (nSPS) is 22.1. The average molecular weight is 779 g/mol. The summed E-state index contributed by atoms with van der Waals surface area (Å²) >= 11 is 0. The van der Waals surface area contributed by atoms with E-state index in [-0.39, 0.29) is 39.8 Å². The number of fused-ring (bicyclic) bond motifs is 12. The lowest BCUT2D eigenvalue weighted by atomic mass is 9.72. The maximum Gasteiger partial charge on any atom is 0.266 e. The Morgan fingerprint density at radius 2 is 1.00 bits per heavy atom. The molecule has 1 atom stereocenters. The van der Waals surface area contributed by atoms with Gasteiger partial charge in [-0.15, -0.1) is 0 Å². The SMILES string of the molecule is CC(C)(C)c1c(O)ccc2c1CN1CN2Cc2c1ccc(O)c2N1C(=O)c2cc3c(cc2C1=O)C1(CC3(C)C)CC(C)(C)c2cc3c(cc21)C(=O)N(C(C)(C)C)C3=O. The molecule has 1 unspecified atom stereocenters. The fourth-order valence-electron chi connectivity index (χ4n) is 11.8. The van der Waals surface area contributed by atoms with Gasteiger partial charge in [-0.1, -0.05) is 48.5 Å². The van der Waals surface area contributed by atoms with Crippen LogP contribution in [0.1, 0.15) is 162 Å². The Bertz CT molecular complexity index is 2660. The standard InChI is InChI=1S/C48H50N4O6/c1-44(2,3)38-28-19-49-23-50(34(28)11-13-36(38)53)20-29-35(49)12-14-37(54)39(29)51-40(55)24-15-30-32(17-25(24)41(51)56)48(21-46(30,7)8)22-47(9,10)31-16-26-27(18-33(31)48)43(58)52(42(26)57)45(4,5)6/h11-18,53-54H,19-23H2,1-10H3. The van der Waals surface area contributed by atoms with E-state index >= 15 is 0 Å². The number of amides is 4. The van der Waals surface area contributed by atoms with E-state index in [1.165, 1.54) is 9.80 Å². The lowest BCUT2D eigenvalue weighted by Gasteiger charge is -2.47. The molecule has 10 heteroatoms. The van der Waals surface area contributed by atoms with E-state index in [0.29, 0.717) is 60.4 Å². The number of carbonyl (C=O) groups is 4. The number of phenols is 2. The third-order valence-corrected chi connectivity index (χ3v) is 13.9. The lowest BCUT2D eigenvalue weighted by molar-refractivity contribution is 0.0507. The van der Waals surface area contributed by atoms with Crippen LogP contribution in [-0.2, 0) is 34.7 Å². The van der Waals surface area contributed by atoms with Crippen LogP contribution in [0.25, 0.3) is 0 Å². The van der Waals surface area contributed by atoms with Gasteiger partial charge in [0.25, 0.3) is 23.6 Å². The Labute approximate surface area is 339 Å². The number of anilines is 3. The first kappa shape index (κ1) is 36.7. The first-order valence-electron chi connectivity index (χ1n) is 20.3. The number of hydrogen-bond donors (Lipinski definition) is 2. The van der Waals surface area contributed by atoms with E-state index in [1.54, 1.807) is 12.1 Å². The maximum atomic E-state index is 14.8. The van der Waals surface area contributed by atoms with Gasteiger partial charge in [0.05, 0.1) is 28.9 Å². The molecule has 0 saturated heterocycles. The molecule has 2 aliphatic carbocycles. The zero-order chi connectivity index (χ0) is 41.5. The maximum absolute atomic E-state index is 14.8. The molecule has 6 aliphatic rings. The third kappa shape index (κ3) is 4.54. The molecule has 0 radical (unpaired) electrons. The number of benzene rings is 4. The zero-order valence-electron chi connectivity index (χ0n) is 35.0. The Balaban J connectivity index is 1.08. The fourth-order valence-corrected chi connectivity index (χ4v) is 11.8. The zero-order valence-corrected chi connectivity index (χ0v) is 35.0. The smallest absolute Gasteiger partial charge is 0.266 e. The molecule has 58 heavy (non-hydrogen) atoms. The van der Waals surface area contributed by atoms with Crippen molar-refractivity contribution in [1.82, 2.24) is 4.90 Å². The van der Waals surface area contributed by atoms with Crippen LogP contribution >= 0.6 is 0 Å². The van der Waals surface area contributed by atoms with Crippen LogP contribution < -0.4 is 14.7 Å². The van der Waals surface area contributed by atoms with Crippen LogP contribution in [0.2, 0.25) is 0 Å². The third-order valence-electron chi connectivity index (χ3n) is 13.9. The summed E-state index contributed by atoms with van der Waals surface area (Å²) in [5, 5.41) is 22.6. The monoisotopic (exact) mass is 778 g/mol. The highest BCUT2D eigenvalue weighted by atomic mass is 16.3. The Morgan fingerprint density at radius 3 is 1.48 bits per heavy atom. The highest BCUT2D eigenvalue weighted by molar-refractivity contribution is 6.35. The average Bonchev–Trinajstić information content (AvgIpc) is 3.69. The van der Waals surface area contributed by atoms with Gasteiger partial charge in [0, 0.05) is 52.1 Å². The topological polar surface area (TPSA) is 122 Å². The molecule has 0 fully saturated rings. The second kappa shape index (κ2) is 10.9. The first-order valence-corrected chi connectivity index (χ1v) is 20.3. The molecule has 2 bridgehead atoms. The molecule has 1 spiro atoms. The van der Waals surface area contributed by atoms with Gasteiger partial charge in [-0.25, -0.2) is 4.90 Å². The molecule has 4 aliphatic heterocycles. The largest absolute Gasteiger partial charge is 0.508 e. The minimum atomic E-state index is -0.684. The van der Waals surface area contributed by atoms with Crippen molar-refractivity contribution in [1.29, 1.82) is 0 Å². The summed E-state index contributed by atoms with van der Waals surface area (Å²) in [6.07, 6.45) is 1.42. The van der Waals surface area contributed by atoms with Crippen molar-refractivity contribution in [2.24, 2.45) is 0 Å². The van der Waals surface area contributed by atoms with Crippen molar-refractivity contribution < 1.29 is 29.4 Å². The number of rotatable bonds is 1. The molecular formula is C48H50N4O6. The molecule has 0 saturated carbocycles. The minimum absolute atomic E-state index is 0.148. The predicted octanol–water partition coefficient (Wildman–Crippen LogP) is 8.54. The summed E-state index contributed by atoms with van der Waals surface area (Å²) in [6, 6.07) is 14.8. The summed E-state index contributed by atoms with van der Waals surface area (Å²) < 4.78 is 0. The summed E-state index contributed by atoms with van der Waals surface area (Å²) in [6.45, 7) is 22.0. The summed E-state index contributed by atoms with van der Waals surface area (Å²) in [4.78, 5) is 64.0. The van der Waals surface area contributed by atoms with E-state index < -0.39 is 28.2 Å². The summed E-state index contributed by atoms with van der Waals surface area (Å²) in [7, 11) is 0. The van der Waals surface area contributed by atoms with Crippen molar-refractivity contribution in [3.8, 4) is 11.5 Å². The lowest BCUT2D eigenvalue weighted by Crippen LogP contribution is -2.47. The van der Waals surface area contributed by atoms with Crippen molar-refractivity contribution >= 4 is 40.7 Å². The van der Waals surface area contributed by atoms with Gasteiger partial charge >= 0.3 is 0 Å². The van der Waals surface area contributed by atoms with E-state index in [2.05, 4.69) is 58.3 Å². The van der Waals surface area contributed by atoms with Crippen LogP contribution in [0.4, 0.5) is 17.1 Å². The number of phenolic OH excluding ortho intramolecular Hbond substituents is 2. The number of aromatic hydroxyl groups is 2. The van der Waals surface area contributed by atoms with E-state index in [1.807, 2.05) is 57.2 Å². The van der Waals surface area contributed by atoms with Gasteiger partial charge in [-0.3, -0.25) is 24.1 Å². The molecule has 4 amide bonds. The van der Waals surface area contributed by atoms with Gasteiger partial charge < -0.3 is 20.0 Å². The van der Waals surface area contributed by atoms with Crippen molar-refractivity contribution in [3.05, 3.63) is 110 Å². The second-order valence-corrected chi connectivity index (χ2v) is 20.8. The summed E-state index contributed by atoms with van der Waals surface area (Å²) in [5.74, 6) is -1.42. The van der Waals surface area contributed by atoms with Gasteiger partial charge in [0.2, 0.25) is 0 Å². The molecular weight excluding hydrogens is 729 g/mol. The Morgan fingerprint density at radius 1 is 0.569 bits per heavy atom. The van der Waals surface area contributed by atoms with Gasteiger partial charge in [-0.05, 0) is 121 Å². The van der Waals surface area contributed by atoms with E-state index in [4.69, 9.17) is 0 Å². The number of imide groups is 2. The molecule has 4 aromatic carbocycles. The summed E-state index contributed by atoms with van der Waals surface area (Å²) in [5.41, 5.74) is 7.74. The van der Waals surface area contributed by atoms with Crippen LogP contribution in [-0.4, -0.2) is 50.9 Å². The highest BCUT2D eigenvalue weighted by Gasteiger charge is 2.59. The fraction of sp³-hybridized carbons (Fsp3) is 0.417. The molecule has 10 nitrogen and oxygen atoms in total. The second-order valence-electron chi connectivity index (χ2n) is 20.8. The number of nitrogens with zero attached hydrogens (tertiary/aromatic N) is 4. The van der Waals surface area contributed by atoms with Crippen molar-refractivity contribution in [3.63, 3.8) is 0 Å². The van der Waals surface area contributed by atoms with Gasteiger partial charge in [0.15, 0.2) is 0 Å². The van der Waals surface area contributed by atoms with Crippen molar-refractivity contribution in [2.75, 3.05) is 21.4 Å². The molecule has 4 aromatic rings. The van der Waals surface area contributed by atoms with Gasteiger partial charge in [-0.2, -0.15) is 0 Å². The molecule has 2 N–H and O–H groups in total. The molecule has 10 rings (SSSR count).